The molecule has 0 aliphatic carbocycles. The van der Waals surface area contributed by atoms with E-state index in [1.807, 2.05) is 48.2 Å². The number of piperidine rings is 1. The van der Waals surface area contributed by atoms with Crippen LogP contribution in [0, 0.1) is 5.41 Å². The van der Waals surface area contributed by atoms with Crippen molar-refractivity contribution in [2.45, 2.75) is 52.4 Å². The summed E-state index contributed by atoms with van der Waals surface area (Å²) in [6.45, 7) is 7.81. The monoisotopic (exact) mass is 477 g/mol. The number of halogens is 2. The minimum atomic E-state index is -0.293. The Kier molecular flexibility index (Phi) is 7.97. The molecule has 1 aliphatic rings. The lowest BCUT2D eigenvalue weighted by Crippen LogP contribution is -2.60. The second-order valence-corrected chi connectivity index (χ2v) is 10.0. The van der Waals surface area contributed by atoms with Crippen LogP contribution >= 0.6 is 23.2 Å². The predicted molar refractivity (Wildman–Crippen MR) is 131 cm³/mol. The molecule has 1 N–H and O–H groups in total. The highest BCUT2D eigenvalue weighted by atomic mass is 35.5. The van der Waals surface area contributed by atoms with E-state index in [-0.39, 0.29) is 23.7 Å². The predicted octanol–water partition coefficient (Wildman–Crippen LogP) is 6.35. The van der Waals surface area contributed by atoms with Crippen molar-refractivity contribution in [1.82, 2.24) is 15.1 Å². The van der Waals surface area contributed by atoms with Crippen molar-refractivity contribution in [1.29, 1.82) is 0 Å². The van der Waals surface area contributed by atoms with Crippen molar-refractivity contribution < 1.29 is 9.53 Å². The highest BCUT2D eigenvalue weighted by molar-refractivity contribution is 6.42. The second kappa shape index (κ2) is 10.3. The van der Waals surface area contributed by atoms with Crippen LogP contribution < -0.4 is 10.1 Å². The Morgan fingerprint density at radius 2 is 2.00 bits per heavy atom. The topological polar surface area (TPSA) is 44.8 Å². The SMILES string of the molecule is COc1cccc(CN(C(=O)NC(C)c2cccc(Cl)c2Cl)C2N(C)CCCC2(C)C)c1. The molecule has 174 valence electrons. The lowest BCUT2D eigenvalue weighted by molar-refractivity contribution is -0.0373. The summed E-state index contributed by atoms with van der Waals surface area (Å²) in [5, 5.41) is 4.10. The maximum absolute atomic E-state index is 13.7. The van der Waals surface area contributed by atoms with E-state index in [0.29, 0.717) is 16.6 Å². The molecule has 5 nitrogen and oxygen atoms in total. The zero-order chi connectivity index (χ0) is 23.5. The van der Waals surface area contributed by atoms with Crippen molar-refractivity contribution in [2.75, 3.05) is 20.7 Å². The summed E-state index contributed by atoms with van der Waals surface area (Å²) in [5.74, 6) is 0.776. The van der Waals surface area contributed by atoms with Crippen LogP contribution in [-0.2, 0) is 6.54 Å². The molecule has 2 amide bonds. The quantitative estimate of drug-likeness (QED) is 0.526. The van der Waals surface area contributed by atoms with Gasteiger partial charge in [-0.15, -0.1) is 0 Å². The fourth-order valence-electron chi connectivity index (χ4n) is 4.73. The molecule has 1 aliphatic heterocycles. The lowest BCUT2D eigenvalue weighted by Gasteiger charge is -2.50. The zero-order valence-corrected chi connectivity index (χ0v) is 21.0. The van der Waals surface area contributed by atoms with Crippen LogP contribution in [0.4, 0.5) is 4.79 Å². The Morgan fingerprint density at radius 1 is 1.28 bits per heavy atom. The number of urea groups is 1. The first-order chi connectivity index (χ1) is 15.1. The van der Waals surface area contributed by atoms with Gasteiger partial charge in [0, 0.05) is 6.54 Å². The largest absolute Gasteiger partial charge is 0.497 e. The standard InChI is InChI=1S/C25H33Cl2N3O2/c1-17(20-11-7-12-21(26)22(20)27)28-24(31)30(16-18-9-6-10-19(15-18)32-5)23-25(2,3)13-8-14-29(23)4/h6-7,9-12,15,17,23H,8,13-14,16H2,1-5H3,(H,28,31). The number of carbonyl (C=O) groups excluding carboxylic acids is 1. The zero-order valence-electron chi connectivity index (χ0n) is 19.5. The van der Waals surface area contributed by atoms with E-state index in [1.54, 1.807) is 13.2 Å². The van der Waals surface area contributed by atoms with E-state index in [0.717, 1.165) is 36.3 Å². The molecular weight excluding hydrogens is 445 g/mol. The normalized spacial score (nSPS) is 19.3. The number of methoxy groups -OCH3 is 1. The molecule has 0 radical (unpaired) electrons. The molecule has 0 aromatic heterocycles. The number of likely N-dealkylation sites (tertiary alicyclic amines) is 1. The number of hydrogen-bond donors (Lipinski definition) is 1. The van der Waals surface area contributed by atoms with Gasteiger partial charge >= 0.3 is 6.03 Å². The smallest absolute Gasteiger partial charge is 0.319 e. The molecule has 32 heavy (non-hydrogen) atoms. The number of rotatable bonds is 6. The van der Waals surface area contributed by atoms with Gasteiger partial charge < -0.3 is 15.0 Å². The Bertz CT molecular complexity index is 951. The summed E-state index contributed by atoms with van der Waals surface area (Å²) in [6, 6.07) is 12.9. The van der Waals surface area contributed by atoms with E-state index in [2.05, 4.69) is 31.1 Å². The molecule has 1 saturated heterocycles. The lowest BCUT2D eigenvalue weighted by atomic mass is 9.80. The summed E-state index contributed by atoms with van der Waals surface area (Å²) < 4.78 is 5.39. The van der Waals surface area contributed by atoms with Crippen LogP contribution in [0.15, 0.2) is 42.5 Å². The van der Waals surface area contributed by atoms with E-state index in [1.165, 1.54) is 0 Å². The van der Waals surface area contributed by atoms with Crippen LogP contribution in [-0.4, -0.2) is 42.7 Å². The first-order valence-electron chi connectivity index (χ1n) is 11.0. The van der Waals surface area contributed by atoms with Gasteiger partial charge in [0.2, 0.25) is 0 Å². The molecule has 1 fully saturated rings. The van der Waals surface area contributed by atoms with Crippen molar-refractivity contribution in [2.24, 2.45) is 5.41 Å². The molecule has 2 aromatic rings. The van der Waals surface area contributed by atoms with Gasteiger partial charge in [-0.1, -0.05) is 61.3 Å². The number of hydrogen-bond acceptors (Lipinski definition) is 3. The third-order valence-electron chi connectivity index (χ3n) is 6.28. The highest BCUT2D eigenvalue weighted by Crippen LogP contribution is 2.37. The number of ether oxygens (including phenoxy) is 1. The Balaban J connectivity index is 1.91. The first-order valence-corrected chi connectivity index (χ1v) is 11.7. The number of amides is 2. The summed E-state index contributed by atoms with van der Waals surface area (Å²) in [7, 11) is 3.74. The number of carbonyl (C=O) groups is 1. The van der Waals surface area contributed by atoms with E-state index < -0.39 is 0 Å². The molecule has 2 unspecified atom stereocenters. The van der Waals surface area contributed by atoms with E-state index >= 15 is 0 Å². The van der Waals surface area contributed by atoms with E-state index in [9.17, 15) is 4.79 Å². The summed E-state index contributed by atoms with van der Waals surface area (Å²) >= 11 is 12.6. The average Bonchev–Trinajstić information content (AvgIpc) is 2.74. The highest BCUT2D eigenvalue weighted by Gasteiger charge is 2.42. The molecule has 3 rings (SSSR count). The van der Waals surface area contributed by atoms with Crippen LogP contribution in [0.2, 0.25) is 10.0 Å². The van der Waals surface area contributed by atoms with Gasteiger partial charge in [-0.05, 0) is 68.1 Å². The van der Waals surface area contributed by atoms with Crippen LogP contribution in [0.25, 0.3) is 0 Å². The van der Waals surface area contributed by atoms with Crippen LogP contribution in [0.3, 0.4) is 0 Å². The van der Waals surface area contributed by atoms with Gasteiger partial charge in [0.05, 0.1) is 29.4 Å². The average molecular weight is 478 g/mol. The molecule has 0 bridgehead atoms. The van der Waals surface area contributed by atoms with Crippen molar-refractivity contribution in [3.8, 4) is 5.75 Å². The van der Waals surface area contributed by atoms with Gasteiger partial charge in [0.1, 0.15) is 5.75 Å². The molecule has 0 spiro atoms. The molecule has 1 heterocycles. The first kappa shape index (κ1) is 24.7. The second-order valence-electron chi connectivity index (χ2n) is 9.24. The van der Waals surface area contributed by atoms with Crippen LogP contribution in [0.1, 0.15) is 50.8 Å². The molecular formula is C25H33Cl2N3O2. The van der Waals surface area contributed by atoms with Crippen molar-refractivity contribution in [3.05, 3.63) is 63.6 Å². The maximum atomic E-state index is 13.7. The third kappa shape index (κ3) is 5.51. The molecule has 0 saturated carbocycles. The fourth-order valence-corrected chi connectivity index (χ4v) is 5.20. The number of benzene rings is 2. The Labute approximate surface area is 201 Å². The van der Waals surface area contributed by atoms with Gasteiger partial charge in [0.25, 0.3) is 0 Å². The van der Waals surface area contributed by atoms with Crippen molar-refractivity contribution >= 4 is 29.2 Å². The van der Waals surface area contributed by atoms with Gasteiger partial charge in [-0.2, -0.15) is 0 Å². The number of nitrogens with zero attached hydrogens (tertiary/aromatic N) is 2. The van der Waals surface area contributed by atoms with Crippen molar-refractivity contribution in [3.63, 3.8) is 0 Å². The number of nitrogens with one attached hydrogen (secondary N) is 1. The Morgan fingerprint density at radius 3 is 2.69 bits per heavy atom. The minimum Gasteiger partial charge on any atom is -0.497 e. The molecule has 2 aromatic carbocycles. The summed E-state index contributed by atoms with van der Waals surface area (Å²) in [4.78, 5) is 17.9. The minimum absolute atomic E-state index is 0.0514. The van der Waals surface area contributed by atoms with Gasteiger partial charge in [-0.3, -0.25) is 4.90 Å². The summed E-state index contributed by atoms with van der Waals surface area (Å²) in [6.07, 6.45) is 2.12. The fraction of sp³-hybridized carbons (Fsp3) is 0.480. The maximum Gasteiger partial charge on any atom is 0.319 e. The summed E-state index contributed by atoms with van der Waals surface area (Å²) in [5.41, 5.74) is 1.76. The molecule has 7 heteroatoms. The van der Waals surface area contributed by atoms with Gasteiger partial charge in [-0.25, -0.2) is 4.79 Å². The van der Waals surface area contributed by atoms with E-state index in [4.69, 9.17) is 27.9 Å². The Hall–Kier alpha value is -1.95. The van der Waals surface area contributed by atoms with Gasteiger partial charge in [0.15, 0.2) is 0 Å². The third-order valence-corrected chi connectivity index (χ3v) is 7.11. The van der Waals surface area contributed by atoms with Crippen LogP contribution in [0.5, 0.6) is 5.75 Å². The molecule has 2 atom stereocenters.